The summed E-state index contributed by atoms with van der Waals surface area (Å²) in [5, 5.41) is 5.21. The maximum atomic E-state index is 12.4. The monoisotopic (exact) mass is 334 g/mol. The molecule has 0 aliphatic carbocycles. The standard InChI is InChI=1S/C20H18N2O3/c1-13(15-8-7-14-5-3-4-6-16(14)11-15)22-19(23)18-10-9-17(12-21-18)20(24)25-2/h3-13H,1-2H3,(H,22,23). The summed E-state index contributed by atoms with van der Waals surface area (Å²) >= 11 is 0. The first-order chi connectivity index (χ1) is 12.1. The summed E-state index contributed by atoms with van der Waals surface area (Å²) in [6.45, 7) is 1.92. The first-order valence-corrected chi connectivity index (χ1v) is 7.92. The maximum absolute atomic E-state index is 12.4. The lowest BCUT2D eigenvalue weighted by Gasteiger charge is -2.15. The van der Waals surface area contributed by atoms with E-state index in [1.54, 1.807) is 0 Å². The molecule has 1 aromatic heterocycles. The number of hydrogen-bond acceptors (Lipinski definition) is 4. The van der Waals surface area contributed by atoms with Crippen LogP contribution in [0.15, 0.2) is 60.8 Å². The second-order valence-electron chi connectivity index (χ2n) is 5.73. The van der Waals surface area contributed by atoms with Gasteiger partial charge in [0.2, 0.25) is 0 Å². The SMILES string of the molecule is COC(=O)c1ccc(C(=O)NC(C)c2ccc3ccccc3c2)nc1. The van der Waals surface area contributed by atoms with Crippen LogP contribution >= 0.6 is 0 Å². The Labute approximate surface area is 145 Å². The molecule has 1 N–H and O–H groups in total. The predicted molar refractivity (Wildman–Crippen MR) is 95.4 cm³/mol. The molecule has 2 aromatic carbocycles. The Balaban J connectivity index is 1.73. The number of nitrogens with zero attached hydrogens (tertiary/aromatic N) is 1. The van der Waals surface area contributed by atoms with Gasteiger partial charge in [-0.3, -0.25) is 9.78 Å². The summed E-state index contributed by atoms with van der Waals surface area (Å²) in [5.74, 6) is -0.777. The third-order valence-electron chi connectivity index (χ3n) is 4.04. The topological polar surface area (TPSA) is 68.3 Å². The van der Waals surface area contributed by atoms with Crippen LogP contribution in [0.1, 0.15) is 39.4 Å². The smallest absolute Gasteiger partial charge is 0.339 e. The van der Waals surface area contributed by atoms with Crippen molar-refractivity contribution in [2.45, 2.75) is 13.0 Å². The van der Waals surface area contributed by atoms with Crippen molar-refractivity contribution in [2.75, 3.05) is 7.11 Å². The number of methoxy groups -OCH3 is 1. The van der Waals surface area contributed by atoms with Crippen molar-refractivity contribution in [3.63, 3.8) is 0 Å². The van der Waals surface area contributed by atoms with Crippen LogP contribution in [0.25, 0.3) is 10.8 Å². The average molecular weight is 334 g/mol. The number of aromatic nitrogens is 1. The van der Waals surface area contributed by atoms with Gasteiger partial charge in [-0.15, -0.1) is 0 Å². The van der Waals surface area contributed by atoms with E-state index < -0.39 is 5.97 Å². The Morgan fingerprint density at radius 1 is 1.04 bits per heavy atom. The lowest BCUT2D eigenvalue weighted by molar-refractivity contribution is 0.0599. The van der Waals surface area contributed by atoms with E-state index in [-0.39, 0.29) is 17.6 Å². The van der Waals surface area contributed by atoms with Crippen molar-refractivity contribution in [3.05, 3.63) is 77.6 Å². The number of carbonyl (C=O) groups excluding carboxylic acids is 2. The number of fused-ring (bicyclic) bond motifs is 1. The zero-order valence-corrected chi connectivity index (χ0v) is 14.0. The van der Waals surface area contributed by atoms with E-state index in [0.717, 1.165) is 16.3 Å². The minimum atomic E-state index is -0.482. The average Bonchev–Trinajstić information content (AvgIpc) is 2.67. The van der Waals surface area contributed by atoms with Crippen molar-refractivity contribution < 1.29 is 14.3 Å². The van der Waals surface area contributed by atoms with E-state index in [9.17, 15) is 9.59 Å². The van der Waals surface area contributed by atoms with Crippen molar-refractivity contribution in [1.82, 2.24) is 10.3 Å². The van der Waals surface area contributed by atoms with E-state index in [1.807, 2.05) is 37.3 Å². The first kappa shape index (κ1) is 16.6. The largest absolute Gasteiger partial charge is 0.465 e. The molecule has 5 heteroatoms. The number of amides is 1. The van der Waals surface area contributed by atoms with Crippen molar-refractivity contribution in [3.8, 4) is 0 Å². The Hall–Kier alpha value is -3.21. The number of ether oxygens (including phenoxy) is 1. The molecule has 1 atom stereocenters. The van der Waals surface area contributed by atoms with Crippen LogP contribution in [-0.2, 0) is 4.74 Å². The van der Waals surface area contributed by atoms with Crippen molar-refractivity contribution in [2.24, 2.45) is 0 Å². The molecule has 0 aliphatic rings. The third kappa shape index (κ3) is 3.66. The van der Waals surface area contributed by atoms with Gasteiger partial charge in [0.15, 0.2) is 0 Å². The Morgan fingerprint density at radius 2 is 1.80 bits per heavy atom. The van der Waals surface area contributed by atoms with E-state index in [1.165, 1.54) is 25.4 Å². The quantitative estimate of drug-likeness (QED) is 0.741. The van der Waals surface area contributed by atoms with Gasteiger partial charge in [0, 0.05) is 6.20 Å². The minimum Gasteiger partial charge on any atom is -0.465 e. The predicted octanol–water partition coefficient (Wildman–Crippen LogP) is 3.51. The van der Waals surface area contributed by atoms with Gasteiger partial charge in [0.25, 0.3) is 5.91 Å². The summed E-state index contributed by atoms with van der Waals surface area (Å²) in [7, 11) is 1.30. The van der Waals surface area contributed by atoms with Crippen LogP contribution in [0.4, 0.5) is 0 Å². The highest BCUT2D eigenvalue weighted by atomic mass is 16.5. The summed E-state index contributed by atoms with van der Waals surface area (Å²) in [5.41, 5.74) is 1.57. The summed E-state index contributed by atoms with van der Waals surface area (Å²) < 4.78 is 4.61. The van der Waals surface area contributed by atoms with Crippen LogP contribution in [0, 0.1) is 0 Å². The van der Waals surface area contributed by atoms with E-state index in [2.05, 4.69) is 27.2 Å². The lowest BCUT2D eigenvalue weighted by Crippen LogP contribution is -2.27. The molecular formula is C20H18N2O3. The molecule has 0 fully saturated rings. The lowest BCUT2D eigenvalue weighted by atomic mass is 10.0. The van der Waals surface area contributed by atoms with Gasteiger partial charge < -0.3 is 10.1 Å². The number of rotatable bonds is 4. The molecule has 0 saturated carbocycles. The Kier molecular flexibility index (Phi) is 4.75. The number of hydrogen-bond donors (Lipinski definition) is 1. The molecule has 1 heterocycles. The van der Waals surface area contributed by atoms with Gasteiger partial charge in [-0.2, -0.15) is 0 Å². The summed E-state index contributed by atoms with van der Waals surface area (Å²) in [6.07, 6.45) is 1.33. The van der Waals surface area contributed by atoms with Crippen LogP contribution in [0.2, 0.25) is 0 Å². The van der Waals surface area contributed by atoms with E-state index in [4.69, 9.17) is 0 Å². The zero-order valence-electron chi connectivity index (χ0n) is 14.0. The van der Waals surface area contributed by atoms with Gasteiger partial charge in [-0.1, -0.05) is 36.4 Å². The van der Waals surface area contributed by atoms with Gasteiger partial charge >= 0.3 is 5.97 Å². The van der Waals surface area contributed by atoms with Crippen molar-refractivity contribution >= 4 is 22.6 Å². The van der Waals surface area contributed by atoms with Crippen LogP contribution in [0.3, 0.4) is 0 Å². The zero-order chi connectivity index (χ0) is 17.8. The molecule has 126 valence electrons. The molecule has 3 rings (SSSR count). The Bertz CT molecular complexity index is 920. The van der Waals surface area contributed by atoms with Gasteiger partial charge in [0.1, 0.15) is 5.69 Å². The van der Waals surface area contributed by atoms with Gasteiger partial charge in [0.05, 0.1) is 18.7 Å². The summed E-state index contributed by atoms with van der Waals surface area (Å²) in [6, 6.07) is 17.0. The molecule has 3 aromatic rings. The number of pyridine rings is 1. The number of carbonyl (C=O) groups is 2. The molecule has 0 spiro atoms. The Morgan fingerprint density at radius 3 is 2.48 bits per heavy atom. The third-order valence-corrected chi connectivity index (χ3v) is 4.04. The van der Waals surface area contributed by atoms with Gasteiger partial charge in [-0.25, -0.2) is 4.79 Å². The highest BCUT2D eigenvalue weighted by Crippen LogP contribution is 2.20. The number of nitrogens with one attached hydrogen (secondary N) is 1. The molecule has 1 amide bonds. The van der Waals surface area contributed by atoms with Crippen molar-refractivity contribution in [1.29, 1.82) is 0 Å². The highest BCUT2D eigenvalue weighted by Gasteiger charge is 2.14. The second kappa shape index (κ2) is 7.13. The van der Waals surface area contributed by atoms with Gasteiger partial charge in [-0.05, 0) is 41.5 Å². The normalized spacial score (nSPS) is 11.8. The molecule has 1 unspecified atom stereocenters. The molecule has 25 heavy (non-hydrogen) atoms. The van der Waals surface area contributed by atoms with E-state index >= 15 is 0 Å². The molecule has 5 nitrogen and oxygen atoms in total. The fourth-order valence-corrected chi connectivity index (χ4v) is 2.60. The molecule has 0 saturated heterocycles. The number of esters is 1. The molecule has 0 aliphatic heterocycles. The van der Waals surface area contributed by atoms with Crippen LogP contribution in [-0.4, -0.2) is 24.0 Å². The molecular weight excluding hydrogens is 316 g/mol. The van der Waals surface area contributed by atoms with Crippen LogP contribution in [0.5, 0.6) is 0 Å². The van der Waals surface area contributed by atoms with E-state index in [0.29, 0.717) is 5.56 Å². The highest BCUT2D eigenvalue weighted by molar-refractivity contribution is 5.94. The molecule has 0 radical (unpaired) electrons. The fraction of sp³-hybridized carbons (Fsp3) is 0.150. The molecule has 0 bridgehead atoms. The maximum Gasteiger partial charge on any atom is 0.339 e. The minimum absolute atomic E-state index is 0.167. The first-order valence-electron chi connectivity index (χ1n) is 7.92. The fourth-order valence-electron chi connectivity index (χ4n) is 2.60. The number of benzene rings is 2. The summed E-state index contributed by atoms with van der Waals surface area (Å²) in [4.78, 5) is 27.8. The van der Waals surface area contributed by atoms with Crippen LogP contribution < -0.4 is 5.32 Å². The second-order valence-corrected chi connectivity index (χ2v) is 5.73.